The molecular weight excluding hydrogens is 264 g/mol. The number of hydrogen-bond acceptors (Lipinski definition) is 4. The number of carbonyl (C=O) groups excluding carboxylic acids is 1. The fourth-order valence-electron chi connectivity index (χ4n) is 2.90. The third-order valence-electron chi connectivity index (χ3n) is 3.97. The Balaban J connectivity index is 1.63. The lowest BCUT2D eigenvalue weighted by molar-refractivity contribution is -0.133. The van der Waals surface area contributed by atoms with Crippen LogP contribution in [0.15, 0.2) is 16.8 Å². The standard InChI is InChI=1S/C14H18O2S2/c15-13(7-11-2-5-17-9-11)12-1-4-16-14(8-12)3-6-18-10-14/h2,5,9,12H,1,3-4,6-8,10H2. The zero-order chi connectivity index (χ0) is 12.4. The van der Waals surface area contributed by atoms with E-state index in [1.165, 1.54) is 11.3 Å². The van der Waals surface area contributed by atoms with Crippen molar-refractivity contribution in [1.29, 1.82) is 0 Å². The highest BCUT2D eigenvalue weighted by atomic mass is 32.2. The van der Waals surface area contributed by atoms with Gasteiger partial charge in [0.15, 0.2) is 0 Å². The molecule has 1 spiro atoms. The normalized spacial score (nSPS) is 31.9. The van der Waals surface area contributed by atoms with E-state index >= 15 is 0 Å². The van der Waals surface area contributed by atoms with Crippen molar-refractivity contribution in [3.05, 3.63) is 22.4 Å². The third kappa shape index (κ3) is 2.65. The predicted octanol–water partition coefficient (Wildman–Crippen LogP) is 3.16. The van der Waals surface area contributed by atoms with Gasteiger partial charge in [-0.2, -0.15) is 23.1 Å². The van der Waals surface area contributed by atoms with Crippen molar-refractivity contribution in [1.82, 2.24) is 0 Å². The lowest BCUT2D eigenvalue weighted by Gasteiger charge is -2.37. The van der Waals surface area contributed by atoms with Crippen LogP contribution in [0.5, 0.6) is 0 Å². The minimum Gasteiger partial charge on any atom is -0.374 e. The van der Waals surface area contributed by atoms with Crippen molar-refractivity contribution in [2.75, 3.05) is 18.1 Å². The maximum absolute atomic E-state index is 12.3. The van der Waals surface area contributed by atoms with Crippen molar-refractivity contribution >= 4 is 28.9 Å². The number of Topliss-reactive ketones (excluding diaryl/α,β-unsaturated/α-hetero) is 1. The van der Waals surface area contributed by atoms with Gasteiger partial charge in [-0.05, 0) is 47.4 Å². The Hall–Kier alpha value is -0.320. The summed E-state index contributed by atoms with van der Waals surface area (Å²) in [7, 11) is 0. The molecule has 1 aromatic rings. The van der Waals surface area contributed by atoms with Crippen LogP contribution in [0.2, 0.25) is 0 Å². The fourth-order valence-corrected chi connectivity index (χ4v) is 4.95. The van der Waals surface area contributed by atoms with Crippen LogP contribution in [0.25, 0.3) is 0 Å². The first-order chi connectivity index (χ1) is 8.77. The summed E-state index contributed by atoms with van der Waals surface area (Å²) in [5.74, 6) is 2.89. The van der Waals surface area contributed by atoms with Gasteiger partial charge in [0.05, 0.1) is 5.60 Å². The van der Waals surface area contributed by atoms with E-state index in [0.29, 0.717) is 12.2 Å². The maximum Gasteiger partial charge on any atom is 0.140 e. The molecular formula is C14H18O2S2. The van der Waals surface area contributed by atoms with E-state index in [4.69, 9.17) is 4.74 Å². The summed E-state index contributed by atoms with van der Waals surface area (Å²) in [6.45, 7) is 0.764. The molecule has 0 aliphatic carbocycles. The summed E-state index contributed by atoms with van der Waals surface area (Å²) in [4.78, 5) is 12.3. The van der Waals surface area contributed by atoms with Gasteiger partial charge in [-0.25, -0.2) is 0 Å². The minimum atomic E-state index is 0.0257. The topological polar surface area (TPSA) is 26.3 Å². The van der Waals surface area contributed by atoms with Gasteiger partial charge in [-0.15, -0.1) is 0 Å². The van der Waals surface area contributed by atoms with Crippen LogP contribution >= 0.6 is 23.1 Å². The maximum atomic E-state index is 12.3. The second-order valence-electron chi connectivity index (χ2n) is 5.30. The van der Waals surface area contributed by atoms with E-state index in [1.807, 2.05) is 17.1 Å². The number of hydrogen-bond donors (Lipinski definition) is 0. The van der Waals surface area contributed by atoms with Crippen LogP contribution in [-0.2, 0) is 16.0 Å². The Morgan fingerprint density at radius 1 is 1.56 bits per heavy atom. The van der Waals surface area contributed by atoms with E-state index in [0.717, 1.165) is 31.6 Å². The third-order valence-corrected chi connectivity index (χ3v) is 5.93. The molecule has 3 rings (SSSR count). The molecule has 0 aromatic carbocycles. The molecule has 18 heavy (non-hydrogen) atoms. The number of carbonyl (C=O) groups is 1. The van der Waals surface area contributed by atoms with E-state index < -0.39 is 0 Å². The summed E-state index contributed by atoms with van der Waals surface area (Å²) >= 11 is 3.63. The number of ether oxygens (including phenoxy) is 1. The Kier molecular flexibility index (Phi) is 3.78. The molecule has 2 nitrogen and oxygen atoms in total. The van der Waals surface area contributed by atoms with Crippen molar-refractivity contribution in [3.63, 3.8) is 0 Å². The summed E-state index contributed by atoms with van der Waals surface area (Å²) in [6, 6.07) is 2.06. The summed E-state index contributed by atoms with van der Waals surface area (Å²) in [5, 5.41) is 4.13. The van der Waals surface area contributed by atoms with Gasteiger partial charge in [0.25, 0.3) is 0 Å². The first-order valence-corrected chi connectivity index (χ1v) is 8.63. The Bertz CT molecular complexity index is 407. The van der Waals surface area contributed by atoms with Gasteiger partial charge in [-0.1, -0.05) is 0 Å². The van der Waals surface area contributed by atoms with E-state index in [-0.39, 0.29) is 11.5 Å². The molecule has 2 atom stereocenters. The van der Waals surface area contributed by atoms with Crippen LogP contribution in [-0.4, -0.2) is 29.5 Å². The van der Waals surface area contributed by atoms with Crippen LogP contribution in [0.3, 0.4) is 0 Å². The highest BCUT2D eigenvalue weighted by Crippen LogP contribution is 2.40. The molecule has 3 heterocycles. The second-order valence-corrected chi connectivity index (χ2v) is 7.18. The average Bonchev–Trinajstić information content (AvgIpc) is 3.02. The van der Waals surface area contributed by atoms with E-state index in [2.05, 4.69) is 11.4 Å². The van der Waals surface area contributed by atoms with E-state index in [1.54, 1.807) is 11.3 Å². The van der Waals surface area contributed by atoms with Crippen LogP contribution < -0.4 is 0 Å². The van der Waals surface area contributed by atoms with Gasteiger partial charge in [-0.3, -0.25) is 4.79 Å². The largest absolute Gasteiger partial charge is 0.374 e. The van der Waals surface area contributed by atoms with Crippen LogP contribution in [0.1, 0.15) is 24.8 Å². The zero-order valence-electron chi connectivity index (χ0n) is 10.4. The molecule has 1 aromatic heterocycles. The van der Waals surface area contributed by atoms with Crippen molar-refractivity contribution < 1.29 is 9.53 Å². The molecule has 2 saturated heterocycles. The molecule has 0 amide bonds. The summed E-state index contributed by atoms with van der Waals surface area (Å²) in [5.41, 5.74) is 1.20. The van der Waals surface area contributed by atoms with Gasteiger partial charge in [0.2, 0.25) is 0 Å². The van der Waals surface area contributed by atoms with Crippen molar-refractivity contribution in [3.8, 4) is 0 Å². The summed E-state index contributed by atoms with van der Waals surface area (Å²) in [6.07, 6.45) is 3.59. The van der Waals surface area contributed by atoms with Crippen LogP contribution in [0.4, 0.5) is 0 Å². The highest BCUT2D eigenvalue weighted by Gasteiger charge is 2.42. The van der Waals surface area contributed by atoms with Gasteiger partial charge in [0.1, 0.15) is 5.78 Å². The fraction of sp³-hybridized carbons (Fsp3) is 0.643. The molecule has 0 bridgehead atoms. The van der Waals surface area contributed by atoms with Gasteiger partial charge >= 0.3 is 0 Å². The Labute approximate surface area is 116 Å². The lowest BCUT2D eigenvalue weighted by Crippen LogP contribution is -2.42. The first kappa shape index (κ1) is 12.7. The number of rotatable bonds is 3. The SMILES string of the molecule is O=C(Cc1ccsc1)C1CCOC2(CCSC2)C1. The second kappa shape index (κ2) is 5.35. The Morgan fingerprint density at radius 2 is 2.50 bits per heavy atom. The summed E-state index contributed by atoms with van der Waals surface area (Å²) < 4.78 is 5.97. The Morgan fingerprint density at radius 3 is 3.22 bits per heavy atom. The van der Waals surface area contributed by atoms with Gasteiger partial charge < -0.3 is 4.74 Å². The number of ketones is 1. The lowest BCUT2D eigenvalue weighted by atomic mass is 9.82. The predicted molar refractivity (Wildman–Crippen MR) is 76.4 cm³/mol. The van der Waals surface area contributed by atoms with E-state index in [9.17, 15) is 4.79 Å². The molecule has 0 radical (unpaired) electrons. The molecule has 2 aliphatic rings. The van der Waals surface area contributed by atoms with Crippen molar-refractivity contribution in [2.45, 2.75) is 31.3 Å². The van der Waals surface area contributed by atoms with Crippen molar-refractivity contribution in [2.24, 2.45) is 5.92 Å². The van der Waals surface area contributed by atoms with Crippen LogP contribution in [0, 0.1) is 5.92 Å². The quantitative estimate of drug-likeness (QED) is 0.852. The molecule has 0 N–H and O–H groups in total. The zero-order valence-corrected chi connectivity index (χ0v) is 12.0. The highest BCUT2D eigenvalue weighted by molar-refractivity contribution is 7.99. The molecule has 2 aliphatic heterocycles. The minimum absolute atomic E-state index is 0.0257. The smallest absolute Gasteiger partial charge is 0.140 e. The first-order valence-electron chi connectivity index (χ1n) is 6.53. The average molecular weight is 282 g/mol. The number of thiophene rings is 1. The monoisotopic (exact) mass is 282 g/mol. The molecule has 98 valence electrons. The molecule has 2 fully saturated rings. The molecule has 2 unspecified atom stereocenters. The molecule has 0 saturated carbocycles. The number of thioether (sulfide) groups is 1. The molecule has 4 heteroatoms. The van der Waals surface area contributed by atoms with Gasteiger partial charge in [0, 0.05) is 24.7 Å².